The van der Waals surface area contributed by atoms with Crippen LogP contribution in [0, 0.1) is 0 Å². The van der Waals surface area contributed by atoms with Gasteiger partial charge in [0, 0.05) is 83.0 Å². The Kier molecular flexibility index (Phi) is 15.5. The molecular weight excluding hydrogens is 1050 g/mol. The van der Waals surface area contributed by atoms with E-state index in [0.717, 1.165) is 83.0 Å². The van der Waals surface area contributed by atoms with Crippen molar-refractivity contribution >= 4 is 109 Å². The maximum absolute atomic E-state index is 5.47. The number of aromatic amines is 2. The second kappa shape index (κ2) is 22.0. The first-order valence-electron chi connectivity index (χ1n) is 21.9. The number of aromatic nitrogens is 8. The summed E-state index contributed by atoms with van der Waals surface area (Å²) in [5.41, 5.74) is 6.18. The summed E-state index contributed by atoms with van der Waals surface area (Å²) in [5, 5.41) is 3.72. The summed E-state index contributed by atoms with van der Waals surface area (Å²) in [5.74, 6) is 2.22. The number of hydrogen-bond donors (Lipinski definition) is 2. The van der Waals surface area contributed by atoms with Crippen molar-refractivity contribution in [3.05, 3.63) is 194 Å². The molecule has 0 unspecified atom stereocenters. The van der Waals surface area contributed by atoms with Gasteiger partial charge >= 0.3 is 17.4 Å². The van der Waals surface area contributed by atoms with Crippen molar-refractivity contribution < 1.29 is 37.2 Å². The molecular formula is C56H34AlCl3N8S4. The molecule has 0 spiro atoms. The average Bonchev–Trinajstić information content (AvgIpc) is 4.12. The molecule has 0 radical (unpaired) electrons. The standard InChI is InChI=1S/C56H34N8S4.Al.3ClH/c1-5-17-33(18-6-1)65-41-29-13-25-37-45(41)53-57-49(37)62-54-47-39(27-15-31-43(47)67-35-21-9-3-10-22-35)51(59-54)64-56-48-40(28-16-32-44(48)68-36-23-11-4-12-24-36)52(60-56)63-55-46-38(50(58-55)61-53)26-14-30-42(46)66-34-19-7-2-8-20-34;;;;/h1-32H,(H2,57,58,59,60,61,62,63,64);;3*1H/q;+3;;;/p-3. The van der Waals surface area contributed by atoms with E-state index in [9.17, 15) is 0 Å². The molecule has 8 nitrogen and oxygen atoms in total. The van der Waals surface area contributed by atoms with Crippen molar-refractivity contribution in [3.8, 4) is 45.6 Å². The molecule has 0 saturated heterocycles. The third kappa shape index (κ3) is 9.65. The van der Waals surface area contributed by atoms with Crippen LogP contribution in [0.15, 0.2) is 233 Å². The number of H-pyrrole nitrogens is 2. The Hall–Kier alpha value is -6.08. The van der Waals surface area contributed by atoms with Crippen molar-refractivity contribution in [1.82, 2.24) is 39.9 Å². The van der Waals surface area contributed by atoms with Gasteiger partial charge in [0.25, 0.3) is 0 Å². The van der Waals surface area contributed by atoms with Gasteiger partial charge in [-0.2, -0.15) is 0 Å². The largest absolute Gasteiger partial charge is 3.00 e. The maximum Gasteiger partial charge on any atom is 3.00 e. The van der Waals surface area contributed by atoms with Crippen molar-refractivity contribution in [3.63, 3.8) is 0 Å². The van der Waals surface area contributed by atoms with Gasteiger partial charge in [0.1, 0.15) is 22.6 Å². The van der Waals surface area contributed by atoms with Gasteiger partial charge in [-0.15, -0.1) is 0 Å². The number of benzene rings is 8. The first-order chi connectivity index (χ1) is 33.7. The Morgan fingerprint density at radius 3 is 0.944 bits per heavy atom. The van der Waals surface area contributed by atoms with Gasteiger partial charge < -0.3 is 47.2 Å². The Morgan fingerprint density at radius 1 is 0.278 bits per heavy atom. The smallest absolute Gasteiger partial charge is 1.00 e. The van der Waals surface area contributed by atoms with E-state index in [4.69, 9.17) is 29.9 Å². The number of nitrogens with one attached hydrogen (secondary N) is 2. The topological polar surface area (TPSA) is 109 Å². The number of rotatable bonds is 8. The zero-order chi connectivity index (χ0) is 45.0. The summed E-state index contributed by atoms with van der Waals surface area (Å²) in [7, 11) is 0. The molecule has 0 atom stereocenters. The van der Waals surface area contributed by atoms with E-state index in [1.165, 1.54) is 0 Å². The Morgan fingerprint density at radius 2 is 0.583 bits per heavy atom. The fourth-order valence-electron chi connectivity index (χ4n) is 8.66. The quantitative estimate of drug-likeness (QED) is 0.174. The predicted molar refractivity (Wildman–Crippen MR) is 284 cm³/mol. The van der Waals surface area contributed by atoms with Gasteiger partial charge in [-0.3, -0.25) is 0 Å². The summed E-state index contributed by atoms with van der Waals surface area (Å²) >= 11 is 6.76. The number of hydrogen-bond acceptors (Lipinski definition) is 10. The number of nitrogens with zero attached hydrogens (tertiary/aromatic N) is 6. The first-order valence-corrected chi connectivity index (χ1v) is 25.2. The van der Waals surface area contributed by atoms with Crippen LogP contribution in [0.5, 0.6) is 0 Å². The third-order valence-corrected chi connectivity index (χ3v) is 15.9. The molecule has 5 heterocycles. The summed E-state index contributed by atoms with van der Waals surface area (Å²) < 4.78 is 0. The molecule has 13 rings (SSSR count). The summed E-state index contributed by atoms with van der Waals surface area (Å²) in [6.07, 6.45) is 0. The van der Waals surface area contributed by atoms with Gasteiger partial charge in [-0.05, 0) is 72.8 Å². The number of halogens is 3. The average molecular weight is 1080 g/mol. The molecule has 3 aromatic heterocycles. The van der Waals surface area contributed by atoms with Gasteiger partial charge in [-0.25, -0.2) is 29.9 Å². The van der Waals surface area contributed by atoms with Gasteiger partial charge in [0.2, 0.25) is 0 Å². The van der Waals surface area contributed by atoms with Crippen molar-refractivity contribution in [1.29, 1.82) is 0 Å². The zero-order valence-electron chi connectivity index (χ0n) is 37.5. The van der Waals surface area contributed by atoms with E-state index in [0.29, 0.717) is 45.9 Å². The summed E-state index contributed by atoms with van der Waals surface area (Å²) in [4.78, 5) is 48.5. The molecule has 0 amide bonds. The van der Waals surface area contributed by atoms with Gasteiger partial charge in [0.05, 0.1) is 0 Å². The van der Waals surface area contributed by atoms with E-state index in [2.05, 4.69) is 180 Å². The van der Waals surface area contributed by atoms with E-state index in [1.54, 1.807) is 47.0 Å². The van der Waals surface area contributed by atoms with Crippen molar-refractivity contribution in [2.75, 3.05) is 0 Å². The monoisotopic (exact) mass is 1080 g/mol. The molecule has 2 N–H and O–H groups in total. The first kappa shape index (κ1) is 50.8. The molecule has 8 bridgehead atoms. The molecule has 16 heteroatoms. The number of fused-ring (bicyclic) bond motifs is 20. The van der Waals surface area contributed by atoms with Gasteiger partial charge in [-0.1, -0.05) is 168 Å². The maximum atomic E-state index is 5.47. The van der Waals surface area contributed by atoms with Crippen LogP contribution in [-0.2, 0) is 0 Å². The van der Waals surface area contributed by atoms with E-state index in [1.807, 2.05) is 24.3 Å². The van der Waals surface area contributed by atoms with Crippen LogP contribution in [0.25, 0.3) is 89.7 Å². The van der Waals surface area contributed by atoms with Crippen LogP contribution in [-0.4, -0.2) is 57.2 Å². The fourth-order valence-corrected chi connectivity index (χ4v) is 12.7. The second-order valence-corrected chi connectivity index (χ2v) is 20.4. The molecule has 0 saturated carbocycles. The summed E-state index contributed by atoms with van der Waals surface area (Å²) in [6, 6.07) is 66.9. The molecule has 0 aliphatic carbocycles. The molecule has 0 fully saturated rings. The summed E-state index contributed by atoms with van der Waals surface area (Å²) in [6.45, 7) is 0. The predicted octanol–water partition coefficient (Wildman–Crippen LogP) is 6.11. The van der Waals surface area contributed by atoms with Crippen LogP contribution in [0.4, 0.5) is 0 Å². The molecule has 8 aromatic carbocycles. The molecule has 346 valence electrons. The zero-order valence-corrected chi connectivity index (χ0v) is 44.2. The molecule has 11 aromatic rings. The third-order valence-electron chi connectivity index (χ3n) is 11.7. The fraction of sp³-hybridized carbons (Fsp3) is 0. The van der Waals surface area contributed by atoms with Crippen molar-refractivity contribution in [2.45, 2.75) is 39.2 Å². The minimum absolute atomic E-state index is 0. The van der Waals surface area contributed by atoms with Crippen LogP contribution in [0.2, 0.25) is 0 Å². The van der Waals surface area contributed by atoms with Gasteiger partial charge in [0.15, 0.2) is 23.3 Å². The molecule has 72 heavy (non-hydrogen) atoms. The van der Waals surface area contributed by atoms with E-state index >= 15 is 0 Å². The van der Waals surface area contributed by atoms with E-state index < -0.39 is 0 Å². The Balaban J connectivity index is 0.00000160. The SMILES string of the molecule is [Al+3].[Cl-].[Cl-].[Cl-].c1ccc(Sc2cccc3c2-c2nc-3nc3[nH]c(nc4nc(nc5[nH]c(n2)c2cccc(Sc6ccccc6)c52)-c2cccc(Sc5ccccc5)c2-4)c2cccc(Sc4ccccc4)c32)cc1. The Labute approximate surface area is 460 Å². The Bertz CT molecular complexity index is 3690. The molecule has 2 aliphatic rings. The minimum Gasteiger partial charge on any atom is -1.00 e. The second-order valence-electron chi connectivity index (χ2n) is 16.0. The minimum atomic E-state index is 0. The van der Waals surface area contributed by atoms with Crippen molar-refractivity contribution in [2.24, 2.45) is 0 Å². The van der Waals surface area contributed by atoms with Crippen LogP contribution in [0.3, 0.4) is 0 Å². The normalized spacial score (nSPS) is 11.1. The van der Waals surface area contributed by atoms with Crippen LogP contribution < -0.4 is 37.2 Å². The van der Waals surface area contributed by atoms with Crippen LogP contribution >= 0.6 is 47.0 Å². The van der Waals surface area contributed by atoms with Crippen LogP contribution in [0.1, 0.15) is 0 Å². The molecule has 2 aliphatic heterocycles. The van der Waals surface area contributed by atoms with E-state index in [-0.39, 0.29) is 54.6 Å².